The Labute approximate surface area is 111 Å². The van der Waals surface area contributed by atoms with Gasteiger partial charge < -0.3 is 0 Å². The second kappa shape index (κ2) is 3.53. The van der Waals surface area contributed by atoms with Gasteiger partial charge in [-0.15, -0.1) is 0 Å². The predicted octanol–water partition coefficient (Wildman–Crippen LogP) is 1.70. The Bertz CT molecular complexity index is 592. The van der Waals surface area contributed by atoms with E-state index in [0.29, 0.717) is 5.82 Å². The van der Waals surface area contributed by atoms with Crippen molar-refractivity contribution in [1.29, 1.82) is 0 Å². The summed E-state index contributed by atoms with van der Waals surface area (Å²) in [4.78, 5) is 30.7. The fourth-order valence-electron chi connectivity index (χ4n) is 3.82. The summed E-state index contributed by atoms with van der Waals surface area (Å²) in [6, 6.07) is 3.69. The van der Waals surface area contributed by atoms with Crippen LogP contribution in [0.15, 0.2) is 30.5 Å². The van der Waals surface area contributed by atoms with E-state index in [1.807, 2.05) is 19.1 Å². The average Bonchev–Trinajstić information content (AvgIpc) is 3.06. The lowest BCUT2D eigenvalue weighted by Gasteiger charge is -2.17. The van der Waals surface area contributed by atoms with Crippen LogP contribution in [0.25, 0.3) is 0 Å². The van der Waals surface area contributed by atoms with Crippen LogP contribution in [0, 0.1) is 30.6 Å². The van der Waals surface area contributed by atoms with Gasteiger partial charge >= 0.3 is 0 Å². The number of anilines is 1. The van der Waals surface area contributed by atoms with Crippen molar-refractivity contribution in [3.63, 3.8) is 0 Å². The fraction of sp³-hybridized carbons (Fsp3) is 0.400. The Morgan fingerprint density at radius 2 is 1.79 bits per heavy atom. The summed E-state index contributed by atoms with van der Waals surface area (Å²) in [6.07, 6.45) is 6.79. The third kappa shape index (κ3) is 1.26. The van der Waals surface area contributed by atoms with Crippen molar-refractivity contribution in [1.82, 2.24) is 4.98 Å². The van der Waals surface area contributed by atoms with Gasteiger partial charge in [0.2, 0.25) is 11.8 Å². The standard InChI is InChI=1S/C15H14N2O2/c1-8-3-2-6-16-13(8)17-14(18)11-9-4-5-10(7-9)12(11)15(17)19/h2-6,9-12H,7H2,1H3/t9-,10+,11?,12?. The van der Waals surface area contributed by atoms with Crippen LogP contribution < -0.4 is 4.90 Å². The van der Waals surface area contributed by atoms with Crippen molar-refractivity contribution in [2.45, 2.75) is 13.3 Å². The van der Waals surface area contributed by atoms with Crippen molar-refractivity contribution in [2.75, 3.05) is 4.90 Å². The van der Waals surface area contributed by atoms with Gasteiger partial charge in [0.05, 0.1) is 11.8 Å². The van der Waals surface area contributed by atoms with Crippen molar-refractivity contribution < 1.29 is 9.59 Å². The first-order valence-corrected chi connectivity index (χ1v) is 6.66. The lowest BCUT2D eigenvalue weighted by molar-refractivity contribution is -0.123. The minimum atomic E-state index is -0.149. The number of amides is 2. The van der Waals surface area contributed by atoms with Crippen molar-refractivity contribution >= 4 is 17.6 Å². The molecule has 0 aromatic carbocycles. The number of imide groups is 1. The molecule has 0 N–H and O–H groups in total. The summed E-state index contributed by atoms with van der Waals surface area (Å²) in [5.74, 6) is 0.586. The molecule has 19 heavy (non-hydrogen) atoms. The Balaban J connectivity index is 1.79. The molecule has 1 aliphatic heterocycles. The third-order valence-corrected chi connectivity index (χ3v) is 4.66. The van der Waals surface area contributed by atoms with Crippen LogP contribution in [0.4, 0.5) is 5.82 Å². The van der Waals surface area contributed by atoms with Crippen molar-refractivity contribution in [3.8, 4) is 0 Å². The molecule has 2 heterocycles. The number of hydrogen-bond donors (Lipinski definition) is 0. The quantitative estimate of drug-likeness (QED) is 0.566. The number of hydrogen-bond acceptors (Lipinski definition) is 3. The molecule has 1 aromatic heterocycles. The monoisotopic (exact) mass is 254 g/mol. The molecule has 1 saturated carbocycles. The molecule has 4 atom stereocenters. The van der Waals surface area contributed by atoms with E-state index in [1.165, 1.54) is 4.90 Å². The normalized spacial score (nSPS) is 35.3. The van der Waals surface area contributed by atoms with Gasteiger partial charge in [-0.2, -0.15) is 0 Å². The molecule has 4 heteroatoms. The molecule has 96 valence electrons. The van der Waals surface area contributed by atoms with E-state index in [4.69, 9.17) is 0 Å². The van der Waals surface area contributed by atoms with Gasteiger partial charge in [0, 0.05) is 6.20 Å². The Morgan fingerprint density at radius 1 is 1.16 bits per heavy atom. The van der Waals surface area contributed by atoms with Gasteiger partial charge in [-0.1, -0.05) is 18.2 Å². The molecular formula is C15H14N2O2. The topological polar surface area (TPSA) is 50.3 Å². The summed E-state index contributed by atoms with van der Waals surface area (Å²) >= 11 is 0. The van der Waals surface area contributed by atoms with Crippen LogP contribution in [-0.2, 0) is 9.59 Å². The predicted molar refractivity (Wildman–Crippen MR) is 69.2 cm³/mol. The van der Waals surface area contributed by atoms with Gasteiger partial charge in [-0.25, -0.2) is 9.88 Å². The SMILES string of the molecule is Cc1cccnc1N1C(=O)C2C(C1=O)[C@H]1C=C[C@@H]2C1. The summed E-state index contributed by atoms with van der Waals surface area (Å²) in [6.45, 7) is 1.88. The number of fused-ring (bicyclic) bond motifs is 5. The van der Waals surface area contributed by atoms with E-state index >= 15 is 0 Å². The molecule has 1 saturated heterocycles. The number of pyridine rings is 1. The van der Waals surface area contributed by atoms with Crippen LogP contribution in [0.1, 0.15) is 12.0 Å². The largest absolute Gasteiger partial charge is 0.274 e. The second-order valence-corrected chi connectivity index (χ2v) is 5.66. The summed E-state index contributed by atoms with van der Waals surface area (Å²) in [5, 5.41) is 0. The van der Waals surface area contributed by atoms with Crippen molar-refractivity contribution in [3.05, 3.63) is 36.0 Å². The maximum absolute atomic E-state index is 12.6. The van der Waals surface area contributed by atoms with Crippen LogP contribution in [0.2, 0.25) is 0 Å². The fourth-order valence-corrected chi connectivity index (χ4v) is 3.82. The minimum Gasteiger partial charge on any atom is -0.274 e. The van der Waals surface area contributed by atoms with Crippen molar-refractivity contribution in [2.24, 2.45) is 23.7 Å². The molecular weight excluding hydrogens is 240 g/mol. The lowest BCUT2D eigenvalue weighted by Crippen LogP contribution is -2.34. The zero-order chi connectivity index (χ0) is 13.1. The molecule has 0 spiro atoms. The summed E-state index contributed by atoms with van der Waals surface area (Å²) in [5.41, 5.74) is 0.865. The highest BCUT2D eigenvalue weighted by molar-refractivity contribution is 6.22. The van der Waals surface area contributed by atoms with Gasteiger partial charge in [0.1, 0.15) is 5.82 Å². The summed E-state index contributed by atoms with van der Waals surface area (Å²) < 4.78 is 0. The van der Waals surface area contributed by atoms with Gasteiger partial charge in [0.25, 0.3) is 0 Å². The molecule has 3 aliphatic rings. The molecule has 1 aromatic rings. The molecule has 2 aliphatic carbocycles. The van der Waals surface area contributed by atoms with E-state index in [0.717, 1.165) is 12.0 Å². The Kier molecular flexibility index (Phi) is 2.03. The van der Waals surface area contributed by atoms with Crippen LogP contribution >= 0.6 is 0 Å². The van der Waals surface area contributed by atoms with E-state index in [9.17, 15) is 9.59 Å². The van der Waals surface area contributed by atoms with Crippen LogP contribution in [-0.4, -0.2) is 16.8 Å². The number of aromatic nitrogens is 1. The highest BCUT2D eigenvalue weighted by atomic mass is 16.2. The number of aryl methyl sites for hydroxylation is 1. The first kappa shape index (κ1) is 10.9. The minimum absolute atomic E-state index is 0.0614. The smallest absolute Gasteiger partial charge is 0.239 e. The van der Waals surface area contributed by atoms with Crippen LogP contribution in [0.5, 0.6) is 0 Å². The van der Waals surface area contributed by atoms with Gasteiger partial charge in [-0.05, 0) is 36.8 Å². The zero-order valence-electron chi connectivity index (χ0n) is 10.6. The van der Waals surface area contributed by atoms with E-state index < -0.39 is 0 Å². The molecule has 4 rings (SSSR count). The second-order valence-electron chi connectivity index (χ2n) is 5.66. The van der Waals surface area contributed by atoms with E-state index in [1.54, 1.807) is 6.20 Å². The number of nitrogens with zero attached hydrogens (tertiary/aromatic N) is 2. The first-order valence-electron chi connectivity index (χ1n) is 6.66. The maximum atomic E-state index is 12.6. The molecule has 2 fully saturated rings. The number of carbonyl (C=O) groups excluding carboxylic acids is 2. The summed E-state index contributed by atoms with van der Waals surface area (Å²) in [7, 11) is 0. The molecule has 4 nitrogen and oxygen atoms in total. The van der Waals surface area contributed by atoms with Gasteiger partial charge in [-0.3, -0.25) is 9.59 Å². The Hall–Kier alpha value is -1.97. The maximum Gasteiger partial charge on any atom is 0.239 e. The molecule has 2 unspecified atom stereocenters. The highest BCUT2D eigenvalue weighted by Crippen LogP contribution is 2.53. The number of rotatable bonds is 1. The third-order valence-electron chi connectivity index (χ3n) is 4.66. The Morgan fingerprint density at radius 3 is 2.37 bits per heavy atom. The van der Waals surface area contributed by atoms with Crippen LogP contribution in [0.3, 0.4) is 0 Å². The first-order chi connectivity index (χ1) is 9.18. The lowest BCUT2D eigenvalue weighted by atomic mass is 9.85. The highest BCUT2D eigenvalue weighted by Gasteiger charge is 2.59. The zero-order valence-corrected chi connectivity index (χ0v) is 10.6. The van der Waals surface area contributed by atoms with E-state index in [-0.39, 0.29) is 35.5 Å². The molecule has 2 amide bonds. The molecule has 0 radical (unpaired) electrons. The number of allylic oxidation sites excluding steroid dienone is 2. The number of carbonyl (C=O) groups is 2. The van der Waals surface area contributed by atoms with Gasteiger partial charge in [0.15, 0.2) is 0 Å². The van der Waals surface area contributed by atoms with E-state index in [2.05, 4.69) is 17.1 Å². The molecule has 2 bridgehead atoms. The average molecular weight is 254 g/mol.